The van der Waals surface area contributed by atoms with E-state index in [0.717, 1.165) is 5.57 Å². The molecule has 0 bridgehead atoms. The lowest BCUT2D eigenvalue weighted by molar-refractivity contribution is -0.274. The van der Waals surface area contributed by atoms with Gasteiger partial charge < -0.3 is 4.74 Å². The molecule has 1 aliphatic carbocycles. The molecule has 3 rings (SSSR count). The zero-order valence-electron chi connectivity index (χ0n) is 13.1. The van der Waals surface area contributed by atoms with E-state index in [1.165, 1.54) is 22.5 Å². The van der Waals surface area contributed by atoms with E-state index in [9.17, 15) is 21.6 Å². The standard InChI is InChI=1S/C16H18F3NO3S/c1-15(7-8-15)24(21,22)20-9-5-12(6-10-20)13-3-2-4-14(11-13)23-16(17,18)19/h2-5,11H,6-10H2,1H3. The van der Waals surface area contributed by atoms with Crippen LogP contribution in [0.5, 0.6) is 5.75 Å². The normalized spacial score (nSPS) is 21.2. The van der Waals surface area contributed by atoms with E-state index in [0.29, 0.717) is 31.4 Å². The monoisotopic (exact) mass is 361 g/mol. The lowest BCUT2D eigenvalue weighted by atomic mass is 10.0. The first-order valence-corrected chi connectivity index (χ1v) is 9.10. The van der Waals surface area contributed by atoms with Crippen LogP contribution in [0.4, 0.5) is 13.2 Å². The second kappa shape index (κ2) is 5.77. The molecule has 0 unspecified atom stereocenters. The Morgan fingerprint density at radius 1 is 1.25 bits per heavy atom. The van der Waals surface area contributed by atoms with Gasteiger partial charge in [0.1, 0.15) is 5.75 Å². The minimum Gasteiger partial charge on any atom is -0.406 e. The van der Waals surface area contributed by atoms with Crippen LogP contribution in [0.25, 0.3) is 5.57 Å². The van der Waals surface area contributed by atoms with Gasteiger partial charge in [-0.25, -0.2) is 8.42 Å². The number of nitrogens with zero attached hydrogens (tertiary/aromatic N) is 1. The van der Waals surface area contributed by atoms with E-state index in [1.807, 2.05) is 0 Å². The number of sulfonamides is 1. The van der Waals surface area contributed by atoms with Crippen LogP contribution >= 0.6 is 0 Å². The van der Waals surface area contributed by atoms with E-state index < -0.39 is 21.1 Å². The number of benzene rings is 1. The van der Waals surface area contributed by atoms with Crippen molar-refractivity contribution >= 4 is 15.6 Å². The Morgan fingerprint density at radius 3 is 2.50 bits per heavy atom. The van der Waals surface area contributed by atoms with Gasteiger partial charge in [-0.05, 0) is 49.5 Å². The Kier molecular flexibility index (Phi) is 4.16. The molecule has 0 spiro atoms. The van der Waals surface area contributed by atoms with Crippen molar-refractivity contribution in [2.45, 2.75) is 37.3 Å². The van der Waals surface area contributed by atoms with Crippen LogP contribution in [-0.4, -0.2) is 36.9 Å². The fourth-order valence-corrected chi connectivity index (χ4v) is 4.61. The van der Waals surface area contributed by atoms with Crippen molar-refractivity contribution in [3.8, 4) is 5.75 Å². The third-order valence-electron chi connectivity index (χ3n) is 4.53. The molecule has 1 heterocycles. The SMILES string of the molecule is CC1(S(=O)(=O)N2CC=C(c3cccc(OC(F)(F)F)c3)CC2)CC1. The molecule has 1 fully saturated rings. The van der Waals surface area contributed by atoms with Crippen molar-refractivity contribution in [3.63, 3.8) is 0 Å². The van der Waals surface area contributed by atoms with Crippen molar-refractivity contribution < 1.29 is 26.3 Å². The lowest BCUT2D eigenvalue weighted by Gasteiger charge is -2.28. The highest BCUT2D eigenvalue weighted by atomic mass is 32.2. The van der Waals surface area contributed by atoms with Crippen molar-refractivity contribution in [1.82, 2.24) is 4.31 Å². The van der Waals surface area contributed by atoms with Gasteiger partial charge in [-0.1, -0.05) is 18.2 Å². The molecule has 132 valence electrons. The summed E-state index contributed by atoms with van der Waals surface area (Å²) < 4.78 is 66.6. The Morgan fingerprint density at radius 2 is 1.96 bits per heavy atom. The van der Waals surface area contributed by atoms with Crippen molar-refractivity contribution in [2.75, 3.05) is 13.1 Å². The molecule has 8 heteroatoms. The maximum absolute atomic E-state index is 12.5. The number of hydrogen-bond acceptors (Lipinski definition) is 3. The number of rotatable bonds is 4. The van der Waals surface area contributed by atoms with Crippen molar-refractivity contribution in [1.29, 1.82) is 0 Å². The summed E-state index contributed by atoms with van der Waals surface area (Å²) in [5.74, 6) is -0.276. The molecular formula is C16H18F3NO3S. The molecule has 0 amide bonds. The largest absolute Gasteiger partial charge is 0.573 e. The minimum atomic E-state index is -4.73. The molecule has 4 nitrogen and oxygen atoms in total. The highest BCUT2D eigenvalue weighted by molar-refractivity contribution is 7.90. The summed E-state index contributed by atoms with van der Waals surface area (Å²) in [5, 5.41) is 0. The summed E-state index contributed by atoms with van der Waals surface area (Å²) in [4.78, 5) is 0. The summed E-state index contributed by atoms with van der Waals surface area (Å²) >= 11 is 0. The summed E-state index contributed by atoms with van der Waals surface area (Å²) in [6.07, 6.45) is -1.15. The number of ether oxygens (including phenoxy) is 1. The molecule has 1 saturated carbocycles. The first kappa shape index (κ1) is 17.3. The molecule has 24 heavy (non-hydrogen) atoms. The van der Waals surface area contributed by atoms with Crippen molar-refractivity contribution in [2.24, 2.45) is 0 Å². The summed E-state index contributed by atoms with van der Waals surface area (Å²) in [5.41, 5.74) is 1.45. The Bertz CT molecular complexity index is 767. The maximum Gasteiger partial charge on any atom is 0.573 e. The van der Waals surface area contributed by atoms with Gasteiger partial charge in [0.2, 0.25) is 10.0 Å². The van der Waals surface area contributed by atoms with E-state index in [2.05, 4.69) is 4.74 Å². The van der Waals surface area contributed by atoms with Crippen LogP contribution in [0.3, 0.4) is 0 Å². The molecule has 0 N–H and O–H groups in total. The predicted octanol–water partition coefficient (Wildman–Crippen LogP) is 3.56. The quantitative estimate of drug-likeness (QED) is 0.824. The average molecular weight is 361 g/mol. The lowest BCUT2D eigenvalue weighted by Crippen LogP contribution is -2.41. The summed E-state index contributed by atoms with van der Waals surface area (Å²) in [6.45, 7) is 2.34. The third-order valence-corrected chi connectivity index (χ3v) is 7.19. The first-order chi connectivity index (χ1) is 11.1. The maximum atomic E-state index is 12.5. The van der Waals surface area contributed by atoms with E-state index in [-0.39, 0.29) is 12.3 Å². The molecule has 0 atom stereocenters. The van der Waals surface area contributed by atoms with Gasteiger partial charge in [0.15, 0.2) is 0 Å². The minimum absolute atomic E-state index is 0.248. The van der Waals surface area contributed by atoms with Crippen LogP contribution in [0.15, 0.2) is 30.3 Å². The van der Waals surface area contributed by atoms with E-state index >= 15 is 0 Å². The average Bonchev–Trinajstić information content (AvgIpc) is 3.26. The Balaban J connectivity index is 1.75. The number of hydrogen-bond donors (Lipinski definition) is 0. The van der Waals surface area contributed by atoms with E-state index in [1.54, 1.807) is 19.1 Å². The van der Waals surface area contributed by atoms with Gasteiger partial charge in [-0.2, -0.15) is 4.31 Å². The first-order valence-electron chi connectivity index (χ1n) is 7.66. The zero-order valence-corrected chi connectivity index (χ0v) is 14.0. The molecule has 1 aromatic carbocycles. The highest BCUT2D eigenvalue weighted by Gasteiger charge is 2.52. The van der Waals surface area contributed by atoms with Gasteiger partial charge >= 0.3 is 6.36 Å². The topological polar surface area (TPSA) is 46.6 Å². The molecule has 0 aromatic heterocycles. The number of halogens is 3. The fraction of sp³-hybridized carbons (Fsp3) is 0.500. The summed E-state index contributed by atoms with van der Waals surface area (Å²) in [7, 11) is -3.31. The predicted molar refractivity (Wildman–Crippen MR) is 83.9 cm³/mol. The van der Waals surface area contributed by atoms with Gasteiger partial charge in [-0.15, -0.1) is 13.2 Å². The smallest absolute Gasteiger partial charge is 0.406 e. The molecular weight excluding hydrogens is 343 g/mol. The van der Waals surface area contributed by atoms with Crippen LogP contribution < -0.4 is 4.74 Å². The van der Waals surface area contributed by atoms with Gasteiger partial charge in [-0.3, -0.25) is 0 Å². The molecule has 1 aromatic rings. The molecule has 0 radical (unpaired) electrons. The molecule has 0 saturated heterocycles. The van der Waals surface area contributed by atoms with Crippen LogP contribution in [0.2, 0.25) is 0 Å². The fourth-order valence-electron chi connectivity index (χ4n) is 2.77. The van der Waals surface area contributed by atoms with Gasteiger partial charge in [0.05, 0.1) is 4.75 Å². The Labute approximate surface area is 139 Å². The third kappa shape index (κ3) is 3.44. The second-order valence-corrected chi connectivity index (χ2v) is 8.82. The highest BCUT2D eigenvalue weighted by Crippen LogP contribution is 2.45. The van der Waals surface area contributed by atoms with Gasteiger partial charge in [0, 0.05) is 13.1 Å². The van der Waals surface area contributed by atoms with Gasteiger partial charge in [0.25, 0.3) is 0 Å². The Hall–Kier alpha value is -1.54. The van der Waals surface area contributed by atoms with Crippen LogP contribution in [-0.2, 0) is 10.0 Å². The zero-order chi connectivity index (χ0) is 17.6. The molecule has 2 aliphatic rings. The molecule has 1 aliphatic heterocycles. The van der Waals surface area contributed by atoms with Crippen molar-refractivity contribution in [3.05, 3.63) is 35.9 Å². The van der Waals surface area contributed by atoms with E-state index in [4.69, 9.17) is 0 Å². The second-order valence-electron chi connectivity index (χ2n) is 6.37. The van der Waals surface area contributed by atoms with Crippen LogP contribution in [0.1, 0.15) is 31.7 Å². The number of alkyl halides is 3. The van der Waals surface area contributed by atoms with Crippen LogP contribution in [0, 0.1) is 0 Å². The summed E-state index contributed by atoms with van der Waals surface area (Å²) in [6, 6.07) is 5.75.